The van der Waals surface area contributed by atoms with Gasteiger partial charge in [-0.1, -0.05) is 0 Å². The van der Waals surface area contributed by atoms with E-state index in [4.69, 9.17) is 0 Å². The first-order valence-corrected chi connectivity index (χ1v) is 0. The molecule has 0 saturated heterocycles. The SMILES string of the molecule is [Cr].[Cu].[Ni].[Ru]. The summed E-state index contributed by atoms with van der Waals surface area (Å²) in [6, 6.07) is 0. The summed E-state index contributed by atoms with van der Waals surface area (Å²) in [4.78, 5) is 0. The first-order valence-electron chi connectivity index (χ1n) is 0. The van der Waals surface area contributed by atoms with Crippen molar-refractivity contribution >= 4 is 0 Å². The van der Waals surface area contributed by atoms with Gasteiger partial charge in [-0.15, -0.1) is 0 Å². The van der Waals surface area contributed by atoms with Crippen LogP contribution in [-0.4, -0.2) is 0 Å². The van der Waals surface area contributed by atoms with Crippen molar-refractivity contribution in [3.05, 3.63) is 0 Å². The van der Waals surface area contributed by atoms with Gasteiger partial charge in [0.2, 0.25) is 0 Å². The maximum absolute atomic E-state index is 0. The van der Waals surface area contributed by atoms with E-state index in [-0.39, 0.29) is 70.4 Å². The summed E-state index contributed by atoms with van der Waals surface area (Å²) in [5.74, 6) is 0. The number of hydrogen-bond donors (Lipinski definition) is 0. The van der Waals surface area contributed by atoms with Crippen LogP contribution in [0.1, 0.15) is 0 Å². The second kappa shape index (κ2) is 19.1. The summed E-state index contributed by atoms with van der Waals surface area (Å²) in [6.45, 7) is 0. The molecule has 1 radical (unpaired) electrons. The van der Waals surface area contributed by atoms with Crippen LogP contribution in [0.4, 0.5) is 0 Å². The molecule has 0 fully saturated rings. The molecule has 0 spiro atoms. The largest absolute Gasteiger partial charge is 0 e. The van der Waals surface area contributed by atoms with Gasteiger partial charge in [0.05, 0.1) is 0 Å². The molecule has 0 nitrogen and oxygen atoms in total. The fourth-order valence-corrected chi connectivity index (χ4v) is 0. The average molecular weight is 275 g/mol. The molecule has 4 heteroatoms. The van der Waals surface area contributed by atoms with Crippen molar-refractivity contribution in [2.75, 3.05) is 0 Å². The topological polar surface area (TPSA) is 0 Å². The van der Waals surface area contributed by atoms with E-state index in [2.05, 4.69) is 0 Å². The van der Waals surface area contributed by atoms with E-state index in [0.717, 1.165) is 0 Å². The minimum absolute atomic E-state index is 0. The third kappa shape index (κ3) is 8.90. The molecule has 0 aromatic heterocycles. The molecule has 0 N–H and O–H groups in total. The molecule has 35 valence electrons. The van der Waals surface area contributed by atoms with Gasteiger partial charge in [0.25, 0.3) is 0 Å². The van der Waals surface area contributed by atoms with E-state index in [1.807, 2.05) is 0 Å². The molecule has 0 unspecified atom stereocenters. The van der Waals surface area contributed by atoms with Gasteiger partial charge in [-0.3, -0.25) is 0 Å². The van der Waals surface area contributed by atoms with Crippen molar-refractivity contribution in [1.82, 2.24) is 0 Å². The molecule has 0 bridgehead atoms. The number of hydrogen-bond acceptors (Lipinski definition) is 0. The van der Waals surface area contributed by atoms with Crippen molar-refractivity contribution in [1.29, 1.82) is 0 Å². The Morgan fingerprint density at radius 3 is 1.00 bits per heavy atom. The van der Waals surface area contributed by atoms with Crippen LogP contribution in [0, 0.1) is 0 Å². The van der Waals surface area contributed by atoms with E-state index in [1.165, 1.54) is 0 Å². The zero-order valence-corrected chi connectivity index (χ0v) is 6.32. The molecule has 0 aromatic carbocycles. The molecular formula is CrCuNiRu. The molecule has 0 amide bonds. The van der Waals surface area contributed by atoms with Crippen molar-refractivity contribution in [2.45, 2.75) is 0 Å². The van der Waals surface area contributed by atoms with Gasteiger partial charge < -0.3 is 0 Å². The Morgan fingerprint density at radius 1 is 1.00 bits per heavy atom. The van der Waals surface area contributed by atoms with Gasteiger partial charge >= 0.3 is 0 Å². The minimum Gasteiger partial charge on any atom is 0 e. The fraction of sp³-hybridized carbons (Fsp3) is 0. The van der Waals surface area contributed by atoms with Crippen molar-refractivity contribution < 1.29 is 70.4 Å². The molecule has 0 saturated carbocycles. The van der Waals surface area contributed by atoms with Crippen LogP contribution in [0.5, 0.6) is 0 Å². The van der Waals surface area contributed by atoms with E-state index >= 15 is 0 Å². The summed E-state index contributed by atoms with van der Waals surface area (Å²) >= 11 is 0. The quantitative estimate of drug-likeness (QED) is 0.546. The van der Waals surface area contributed by atoms with E-state index in [9.17, 15) is 0 Å². The molecule has 0 aliphatic carbocycles. The Kier molecular flexibility index (Phi) is 167. The second-order valence-electron chi connectivity index (χ2n) is 0. The summed E-state index contributed by atoms with van der Waals surface area (Å²) in [6.07, 6.45) is 0. The normalized spacial score (nSPS) is 0. The second-order valence-corrected chi connectivity index (χ2v) is 0. The maximum atomic E-state index is 0. The standard InChI is InChI=1S/Cr.Cu.Ni.Ru. The summed E-state index contributed by atoms with van der Waals surface area (Å²) in [5.41, 5.74) is 0. The zero-order chi connectivity index (χ0) is 0. The predicted molar refractivity (Wildman–Crippen MR) is 0 cm³/mol. The predicted octanol–water partition coefficient (Wildman–Crippen LogP) is -0.0100. The van der Waals surface area contributed by atoms with Gasteiger partial charge in [0, 0.05) is 70.4 Å². The Balaban J connectivity index is 0. The van der Waals surface area contributed by atoms with Crippen molar-refractivity contribution in [3.63, 3.8) is 0 Å². The van der Waals surface area contributed by atoms with Crippen LogP contribution in [0.3, 0.4) is 0 Å². The molecule has 4 heavy (non-hydrogen) atoms. The zero-order valence-electron chi connectivity index (χ0n) is 1.38. The molecule has 0 aliphatic rings. The van der Waals surface area contributed by atoms with Crippen LogP contribution < -0.4 is 0 Å². The fourth-order valence-electron chi connectivity index (χ4n) is 0. The molecule has 0 rings (SSSR count). The minimum atomic E-state index is 0. The van der Waals surface area contributed by atoms with Crippen LogP contribution in [0.15, 0.2) is 0 Å². The monoisotopic (exact) mass is 275 g/mol. The van der Waals surface area contributed by atoms with Crippen LogP contribution in [0.25, 0.3) is 0 Å². The Hall–Kier alpha value is 2.17. The van der Waals surface area contributed by atoms with Gasteiger partial charge in [-0.25, -0.2) is 0 Å². The van der Waals surface area contributed by atoms with Crippen molar-refractivity contribution in [2.24, 2.45) is 0 Å². The van der Waals surface area contributed by atoms with Gasteiger partial charge in [-0.05, 0) is 0 Å². The molecule has 0 aromatic rings. The van der Waals surface area contributed by atoms with Gasteiger partial charge in [0.15, 0.2) is 0 Å². The number of rotatable bonds is 0. The summed E-state index contributed by atoms with van der Waals surface area (Å²) in [7, 11) is 0. The summed E-state index contributed by atoms with van der Waals surface area (Å²) in [5, 5.41) is 0. The molecular weight excluding hydrogens is 275 g/mol. The summed E-state index contributed by atoms with van der Waals surface area (Å²) < 4.78 is 0. The van der Waals surface area contributed by atoms with Crippen molar-refractivity contribution in [3.8, 4) is 0 Å². The molecule has 0 heterocycles. The Morgan fingerprint density at radius 2 is 1.00 bits per heavy atom. The third-order valence-electron chi connectivity index (χ3n) is 0. The first kappa shape index (κ1) is 35.0. The Labute approximate surface area is 69.8 Å². The van der Waals surface area contributed by atoms with Crippen LogP contribution >= 0.6 is 0 Å². The van der Waals surface area contributed by atoms with Crippen LogP contribution in [0.2, 0.25) is 0 Å². The third-order valence-corrected chi connectivity index (χ3v) is 0. The average Bonchev–Trinajstić information content (AvgIpc) is 0. The first-order chi connectivity index (χ1) is 0. The van der Waals surface area contributed by atoms with E-state index in [1.54, 1.807) is 0 Å². The molecule has 0 aliphatic heterocycles. The maximum Gasteiger partial charge on any atom is 0 e. The molecule has 0 atom stereocenters. The Bertz CT molecular complexity index is 8.00. The van der Waals surface area contributed by atoms with Gasteiger partial charge in [-0.2, -0.15) is 0 Å². The van der Waals surface area contributed by atoms with E-state index in [0.29, 0.717) is 0 Å². The smallest absolute Gasteiger partial charge is 0 e. The van der Waals surface area contributed by atoms with Gasteiger partial charge in [0.1, 0.15) is 0 Å². The van der Waals surface area contributed by atoms with Crippen LogP contribution in [-0.2, 0) is 70.4 Å². The van der Waals surface area contributed by atoms with E-state index < -0.39 is 0 Å².